The Labute approximate surface area is 115 Å². The van der Waals surface area contributed by atoms with E-state index in [0.717, 1.165) is 18.4 Å². The lowest BCUT2D eigenvalue weighted by Crippen LogP contribution is -2.47. The van der Waals surface area contributed by atoms with Crippen LogP contribution in [0.25, 0.3) is 0 Å². The van der Waals surface area contributed by atoms with Gasteiger partial charge in [-0.3, -0.25) is 4.99 Å². The van der Waals surface area contributed by atoms with Crippen LogP contribution in [0.3, 0.4) is 0 Å². The highest BCUT2D eigenvalue weighted by atomic mass is 32.2. The van der Waals surface area contributed by atoms with Gasteiger partial charge in [0, 0.05) is 17.8 Å². The molecule has 2 atom stereocenters. The average Bonchev–Trinajstić information content (AvgIpc) is 2.97. The zero-order valence-electron chi connectivity index (χ0n) is 11.6. The summed E-state index contributed by atoms with van der Waals surface area (Å²) in [5.74, 6) is 3.02. The number of thioether (sulfide) groups is 1. The largest absolute Gasteiger partial charge is 0.359 e. The average molecular weight is 266 g/mol. The second kappa shape index (κ2) is 5.44. The van der Waals surface area contributed by atoms with Crippen molar-refractivity contribution in [3.05, 3.63) is 0 Å². The standard InChI is InChI=1S/C15H26N2S/c1-12-5-4-8-15(9-12)11-18-14(17-15)16-10-13-6-2-3-7-13/h12-13H,2-11H2,1H3,(H,16,17). The van der Waals surface area contributed by atoms with Crippen molar-refractivity contribution in [2.24, 2.45) is 16.8 Å². The van der Waals surface area contributed by atoms with Gasteiger partial charge in [0.15, 0.2) is 5.17 Å². The molecule has 2 nitrogen and oxygen atoms in total. The van der Waals surface area contributed by atoms with E-state index >= 15 is 0 Å². The van der Waals surface area contributed by atoms with Crippen LogP contribution >= 0.6 is 11.8 Å². The Bertz CT molecular complexity index is 322. The second-order valence-electron chi connectivity index (χ2n) is 6.69. The van der Waals surface area contributed by atoms with Gasteiger partial charge in [0.2, 0.25) is 0 Å². The van der Waals surface area contributed by atoms with Gasteiger partial charge in [-0.2, -0.15) is 0 Å². The molecule has 0 amide bonds. The summed E-state index contributed by atoms with van der Waals surface area (Å²) in [6.07, 6.45) is 11.2. The van der Waals surface area contributed by atoms with Gasteiger partial charge in [-0.25, -0.2) is 0 Å². The van der Waals surface area contributed by atoms with Gasteiger partial charge in [0.1, 0.15) is 0 Å². The Hall–Kier alpha value is -0.180. The van der Waals surface area contributed by atoms with Crippen LogP contribution in [0, 0.1) is 11.8 Å². The third-order valence-corrected chi connectivity index (χ3v) is 6.12. The summed E-state index contributed by atoms with van der Waals surface area (Å²) < 4.78 is 0. The van der Waals surface area contributed by atoms with Crippen molar-refractivity contribution < 1.29 is 0 Å². The minimum absolute atomic E-state index is 0.400. The van der Waals surface area contributed by atoms with E-state index < -0.39 is 0 Å². The second-order valence-corrected chi connectivity index (χ2v) is 7.66. The van der Waals surface area contributed by atoms with Gasteiger partial charge in [-0.05, 0) is 37.5 Å². The molecule has 2 saturated carbocycles. The highest BCUT2D eigenvalue weighted by Gasteiger charge is 2.40. The first-order chi connectivity index (χ1) is 8.76. The van der Waals surface area contributed by atoms with Crippen LogP contribution in [0.4, 0.5) is 0 Å². The minimum atomic E-state index is 0.400. The van der Waals surface area contributed by atoms with E-state index in [-0.39, 0.29) is 0 Å². The number of nitrogens with one attached hydrogen (secondary N) is 1. The predicted molar refractivity (Wildman–Crippen MR) is 80.2 cm³/mol. The Morgan fingerprint density at radius 2 is 2.11 bits per heavy atom. The molecule has 3 fully saturated rings. The minimum Gasteiger partial charge on any atom is -0.359 e. The molecule has 2 unspecified atom stereocenters. The van der Waals surface area contributed by atoms with Crippen LogP contribution < -0.4 is 5.32 Å². The van der Waals surface area contributed by atoms with Gasteiger partial charge in [0.25, 0.3) is 0 Å². The summed E-state index contributed by atoms with van der Waals surface area (Å²) in [6.45, 7) is 3.47. The van der Waals surface area contributed by atoms with Crippen molar-refractivity contribution >= 4 is 16.9 Å². The van der Waals surface area contributed by atoms with Gasteiger partial charge in [-0.15, -0.1) is 0 Å². The molecule has 3 aliphatic rings. The third-order valence-electron chi connectivity index (χ3n) is 4.92. The lowest BCUT2D eigenvalue weighted by molar-refractivity contribution is 0.242. The van der Waals surface area contributed by atoms with Crippen molar-refractivity contribution in [1.82, 2.24) is 5.32 Å². The van der Waals surface area contributed by atoms with Crippen molar-refractivity contribution in [3.63, 3.8) is 0 Å². The van der Waals surface area contributed by atoms with Crippen LogP contribution in [0.1, 0.15) is 58.3 Å². The SMILES string of the molecule is CC1CCCC2(CSC(=NCC3CCCC3)N2)C1. The summed E-state index contributed by atoms with van der Waals surface area (Å²) >= 11 is 1.97. The first-order valence-electron chi connectivity index (χ1n) is 7.71. The molecule has 0 bridgehead atoms. The number of nitrogens with zero attached hydrogens (tertiary/aromatic N) is 1. The van der Waals surface area contributed by atoms with Crippen molar-refractivity contribution in [2.45, 2.75) is 63.8 Å². The topological polar surface area (TPSA) is 24.4 Å². The monoisotopic (exact) mass is 266 g/mol. The molecule has 1 aliphatic heterocycles. The summed E-state index contributed by atoms with van der Waals surface area (Å²) in [5, 5.41) is 5.02. The molecule has 0 aromatic carbocycles. The number of amidine groups is 1. The maximum Gasteiger partial charge on any atom is 0.157 e. The molecule has 18 heavy (non-hydrogen) atoms. The number of rotatable bonds is 2. The van der Waals surface area contributed by atoms with Crippen LogP contribution in [-0.2, 0) is 0 Å². The zero-order valence-corrected chi connectivity index (χ0v) is 12.4. The molecular formula is C15H26N2S. The van der Waals surface area contributed by atoms with Gasteiger partial charge < -0.3 is 5.32 Å². The fraction of sp³-hybridized carbons (Fsp3) is 0.933. The zero-order chi connectivity index (χ0) is 12.4. The smallest absolute Gasteiger partial charge is 0.157 e. The number of hydrogen-bond donors (Lipinski definition) is 1. The number of aliphatic imine (C=N–C) groups is 1. The normalized spacial score (nSPS) is 39.6. The quantitative estimate of drug-likeness (QED) is 0.821. The molecule has 0 aromatic rings. The van der Waals surface area contributed by atoms with E-state index in [0.29, 0.717) is 5.54 Å². The van der Waals surface area contributed by atoms with E-state index in [1.165, 1.54) is 62.3 Å². The molecule has 3 heteroatoms. The number of hydrogen-bond acceptors (Lipinski definition) is 2. The van der Waals surface area contributed by atoms with Crippen molar-refractivity contribution in [1.29, 1.82) is 0 Å². The molecule has 0 aromatic heterocycles. The van der Waals surface area contributed by atoms with Crippen LogP contribution in [0.15, 0.2) is 4.99 Å². The molecular weight excluding hydrogens is 240 g/mol. The Balaban J connectivity index is 1.55. The molecule has 2 aliphatic carbocycles. The highest BCUT2D eigenvalue weighted by Crippen LogP contribution is 2.38. The van der Waals surface area contributed by atoms with Crippen LogP contribution in [0.2, 0.25) is 0 Å². The first kappa shape index (κ1) is 12.8. The predicted octanol–water partition coefficient (Wildman–Crippen LogP) is 3.82. The lowest BCUT2D eigenvalue weighted by atomic mass is 9.78. The van der Waals surface area contributed by atoms with Crippen molar-refractivity contribution in [3.8, 4) is 0 Å². The molecule has 1 saturated heterocycles. The summed E-state index contributed by atoms with van der Waals surface area (Å²) in [6, 6.07) is 0. The molecule has 102 valence electrons. The summed E-state index contributed by atoms with van der Waals surface area (Å²) in [7, 11) is 0. The summed E-state index contributed by atoms with van der Waals surface area (Å²) in [4.78, 5) is 4.85. The van der Waals surface area contributed by atoms with Gasteiger partial charge in [-0.1, -0.05) is 44.4 Å². The van der Waals surface area contributed by atoms with Gasteiger partial charge >= 0.3 is 0 Å². The van der Waals surface area contributed by atoms with Gasteiger partial charge in [0.05, 0.1) is 0 Å². The fourth-order valence-electron chi connectivity index (χ4n) is 3.90. The van der Waals surface area contributed by atoms with Crippen LogP contribution in [-0.4, -0.2) is 23.0 Å². The molecule has 1 N–H and O–H groups in total. The van der Waals surface area contributed by atoms with Crippen molar-refractivity contribution in [2.75, 3.05) is 12.3 Å². The first-order valence-corrected chi connectivity index (χ1v) is 8.70. The van der Waals surface area contributed by atoms with E-state index in [2.05, 4.69) is 12.2 Å². The Morgan fingerprint density at radius 3 is 2.89 bits per heavy atom. The molecule has 1 heterocycles. The Morgan fingerprint density at radius 1 is 1.28 bits per heavy atom. The lowest BCUT2D eigenvalue weighted by Gasteiger charge is -2.36. The molecule has 0 radical (unpaired) electrons. The van der Waals surface area contributed by atoms with Crippen LogP contribution in [0.5, 0.6) is 0 Å². The highest BCUT2D eigenvalue weighted by molar-refractivity contribution is 8.14. The Kier molecular flexibility index (Phi) is 3.88. The maximum atomic E-state index is 4.85. The fourth-order valence-corrected chi connectivity index (χ4v) is 5.10. The van der Waals surface area contributed by atoms with E-state index in [9.17, 15) is 0 Å². The van der Waals surface area contributed by atoms with E-state index in [1.54, 1.807) is 0 Å². The third kappa shape index (κ3) is 2.87. The van der Waals surface area contributed by atoms with E-state index in [4.69, 9.17) is 4.99 Å². The summed E-state index contributed by atoms with van der Waals surface area (Å²) in [5.41, 5.74) is 0.400. The molecule has 1 spiro atoms. The van der Waals surface area contributed by atoms with E-state index in [1.807, 2.05) is 11.8 Å². The maximum absolute atomic E-state index is 4.85. The molecule has 3 rings (SSSR count).